The second-order valence-corrected chi connectivity index (χ2v) is 6.90. The quantitative estimate of drug-likeness (QED) is 0.861. The van der Waals surface area contributed by atoms with E-state index in [0.717, 1.165) is 43.4 Å². The number of hydrogen-bond acceptors (Lipinski definition) is 6. The molecule has 1 atom stereocenters. The average molecular weight is 380 g/mol. The standard InChI is InChI=1S/C18H23F3N6/c1-26(2)17-22-8-7-16(25-17)24-14-4-3-9-27(12-14)11-13-5-6-15(23-10-13)18(19,20)21/h5-8,10,14H,3-4,9,11-12H2,1-2H3,(H,22,24,25). The number of rotatable bonds is 5. The predicted octanol–water partition coefficient (Wildman–Crippen LogP) is 3.03. The Morgan fingerprint density at radius 3 is 2.70 bits per heavy atom. The van der Waals surface area contributed by atoms with Gasteiger partial charge in [0, 0.05) is 45.6 Å². The number of piperidine rings is 1. The first-order chi connectivity index (χ1) is 12.8. The minimum Gasteiger partial charge on any atom is -0.366 e. The van der Waals surface area contributed by atoms with Gasteiger partial charge in [0.15, 0.2) is 0 Å². The normalized spacial score (nSPS) is 18.3. The molecule has 3 rings (SSSR count). The van der Waals surface area contributed by atoms with Gasteiger partial charge >= 0.3 is 6.18 Å². The molecule has 1 N–H and O–H groups in total. The minimum atomic E-state index is -4.40. The van der Waals surface area contributed by atoms with Crippen molar-refractivity contribution in [3.63, 3.8) is 0 Å². The van der Waals surface area contributed by atoms with Crippen LogP contribution >= 0.6 is 0 Å². The Hall–Kier alpha value is -2.42. The van der Waals surface area contributed by atoms with E-state index >= 15 is 0 Å². The summed E-state index contributed by atoms with van der Waals surface area (Å²) < 4.78 is 37.9. The second-order valence-electron chi connectivity index (χ2n) is 6.90. The third-order valence-electron chi connectivity index (χ3n) is 4.42. The zero-order valence-electron chi connectivity index (χ0n) is 15.4. The number of alkyl halides is 3. The van der Waals surface area contributed by atoms with Crippen molar-refractivity contribution < 1.29 is 13.2 Å². The molecule has 0 aromatic carbocycles. The van der Waals surface area contributed by atoms with E-state index in [4.69, 9.17) is 0 Å². The zero-order chi connectivity index (χ0) is 19.4. The highest BCUT2D eigenvalue weighted by Crippen LogP contribution is 2.27. The summed E-state index contributed by atoms with van der Waals surface area (Å²) in [7, 11) is 3.78. The van der Waals surface area contributed by atoms with Gasteiger partial charge in [-0.3, -0.25) is 9.88 Å². The van der Waals surface area contributed by atoms with Crippen molar-refractivity contribution in [3.8, 4) is 0 Å². The van der Waals surface area contributed by atoms with Gasteiger partial charge in [0.25, 0.3) is 0 Å². The van der Waals surface area contributed by atoms with Gasteiger partial charge in [-0.05, 0) is 37.1 Å². The van der Waals surface area contributed by atoms with Gasteiger partial charge in [0.05, 0.1) is 0 Å². The maximum Gasteiger partial charge on any atom is 0.433 e. The number of anilines is 2. The van der Waals surface area contributed by atoms with Crippen molar-refractivity contribution in [1.29, 1.82) is 0 Å². The van der Waals surface area contributed by atoms with Crippen LogP contribution in [0.25, 0.3) is 0 Å². The number of pyridine rings is 1. The van der Waals surface area contributed by atoms with Crippen molar-refractivity contribution in [2.45, 2.75) is 31.6 Å². The highest BCUT2D eigenvalue weighted by molar-refractivity contribution is 5.41. The van der Waals surface area contributed by atoms with Gasteiger partial charge in [0.2, 0.25) is 5.95 Å². The number of hydrogen-bond donors (Lipinski definition) is 1. The second kappa shape index (κ2) is 8.08. The number of halogens is 3. The van der Waals surface area contributed by atoms with Gasteiger partial charge in [-0.25, -0.2) is 4.98 Å². The maximum atomic E-state index is 12.6. The molecule has 27 heavy (non-hydrogen) atoms. The van der Waals surface area contributed by atoms with Crippen LogP contribution in [0.4, 0.5) is 24.9 Å². The van der Waals surface area contributed by atoms with Gasteiger partial charge in [-0.1, -0.05) is 6.07 Å². The summed E-state index contributed by atoms with van der Waals surface area (Å²) >= 11 is 0. The summed E-state index contributed by atoms with van der Waals surface area (Å²) in [4.78, 5) is 16.3. The summed E-state index contributed by atoms with van der Waals surface area (Å²) in [5, 5.41) is 3.44. The Morgan fingerprint density at radius 1 is 1.22 bits per heavy atom. The molecule has 0 bridgehead atoms. The average Bonchev–Trinajstić information content (AvgIpc) is 2.62. The van der Waals surface area contributed by atoms with Crippen molar-refractivity contribution in [3.05, 3.63) is 41.9 Å². The van der Waals surface area contributed by atoms with Crippen LogP contribution in [0, 0.1) is 0 Å². The lowest BCUT2D eigenvalue weighted by atomic mass is 10.0. The highest BCUT2D eigenvalue weighted by atomic mass is 19.4. The molecule has 2 aromatic heterocycles. The monoisotopic (exact) mass is 380 g/mol. The van der Waals surface area contributed by atoms with E-state index in [2.05, 4.69) is 25.2 Å². The highest BCUT2D eigenvalue weighted by Gasteiger charge is 2.32. The van der Waals surface area contributed by atoms with E-state index in [9.17, 15) is 13.2 Å². The molecule has 6 nitrogen and oxygen atoms in total. The lowest BCUT2D eigenvalue weighted by molar-refractivity contribution is -0.141. The SMILES string of the molecule is CN(C)c1nccc(NC2CCCN(Cc3ccc(C(F)(F)F)nc3)C2)n1. The van der Waals surface area contributed by atoms with Crippen LogP contribution in [0.3, 0.4) is 0 Å². The van der Waals surface area contributed by atoms with Crippen LogP contribution in [0.15, 0.2) is 30.6 Å². The zero-order valence-corrected chi connectivity index (χ0v) is 15.4. The molecule has 1 aliphatic heterocycles. The molecule has 2 aromatic rings. The van der Waals surface area contributed by atoms with E-state index < -0.39 is 11.9 Å². The smallest absolute Gasteiger partial charge is 0.366 e. The van der Waals surface area contributed by atoms with E-state index in [-0.39, 0.29) is 6.04 Å². The van der Waals surface area contributed by atoms with Gasteiger partial charge in [-0.2, -0.15) is 18.2 Å². The third-order valence-corrected chi connectivity index (χ3v) is 4.42. The van der Waals surface area contributed by atoms with Crippen molar-refractivity contribution in [1.82, 2.24) is 19.9 Å². The van der Waals surface area contributed by atoms with Gasteiger partial charge in [0.1, 0.15) is 11.5 Å². The largest absolute Gasteiger partial charge is 0.433 e. The molecule has 1 aliphatic rings. The number of aromatic nitrogens is 3. The Bertz CT molecular complexity index is 748. The lowest BCUT2D eigenvalue weighted by Gasteiger charge is -2.33. The first-order valence-corrected chi connectivity index (χ1v) is 8.82. The van der Waals surface area contributed by atoms with Crippen LogP contribution in [-0.4, -0.2) is 53.1 Å². The molecule has 9 heteroatoms. The van der Waals surface area contributed by atoms with Crippen LogP contribution in [0.2, 0.25) is 0 Å². The molecule has 1 fully saturated rings. The van der Waals surface area contributed by atoms with Crippen LogP contribution in [0.1, 0.15) is 24.1 Å². The number of likely N-dealkylation sites (tertiary alicyclic amines) is 1. The first-order valence-electron chi connectivity index (χ1n) is 8.82. The molecule has 0 spiro atoms. The van der Waals surface area contributed by atoms with Crippen LogP contribution in [-0.2, 0) is 12.7 Å². The summed E-state index contributed by atoms with van der Waals surface area (Å²) in [6, 6.07) is 4.61. The van der Waals surface area contributed by atoms with Crippen molar-refractivity contribution in [2.24, 2.45) is 0 Å². The van der Waals surface area contributed by atoms with Gasteiger partial charge in [-0.15, -0.1) is 0 Å². The lowest BCUT2D eigenvalue weighted by Crippen LogP contribution is -2.41. The fourth-order valence-electron chi connectivity index (χ4n) is 3.11. The summed E-state index contributed by atoms with van der Waals surface area (Å²) in [5.74, 6) is 1.42. The maximum absolute atomic E-state index is 12.6. The molecule has 146 valence electrons. The van der Waals surface area contributed by atoms with E-state index in [1.54, 1.807) is 6.20 Å². The summed E-state index contributed by atoms with van der Waals surface area (Å²) in [5.41, 5.74) is -0.0783. The Morgan fingerprint density at radius 2 is 2.04 bits per heavy atom. The van der Waals surface area contributed by atoms with E-state index in [0.29, 0.717) is 12.5 Å². The first kappa shape index (κ1) is 19.3. The third kappa shape index (κ3) is 5.29. The van der Waals surface area contributed by atoms with E-state index in [1.165, 1.54) is 12.3 Å². The fourth-order valence-corrected chi connectivity index (χ4v) is 3.11. The number of nitrogens with zero attached hydrogens (tertiary/aromatic N) is 5. The minimum absolute atomic E-state index is 0.228. The molecule has 1 unspecified atom stereocenters. The Labute approximate surface area is 156 Å². The topological polar surface area (TPSA) is 57.2 Å². The molecule has 0 aliphatic carbocycles. The summed E-state index contributed by atoms with van der Waals surface area (Å²) in [6.45, 7) is 2.28. The predicted molar refractivity (Wildman–Crippen MR) is 97.5 cm³/mol. The molecule has 0 radical (unpaired) electrons. The summed E-state index contributed by atoms with van der Waals surface area (Å²) in [6.07, 6.45) is 0.662. The van der Waals surface area contributed by atoms with Crippen LogP contribution in [0.5, 0.6) is 0 Å². The van der Waals surface area contributed by atoms with Gasteiger partial charge < -0.3 is 10.2 Å². The van der Waals surface area contributed by atoms with Crippen molar-refractivity contribution >= 4 is 11.8 Å². The molecule has 1 saturated heterocycles. The molecule has 0 saturated carbocycles. The molecular weight excluding hydrogens is 357 g/mol. The molecular formula is C18H23F3N6. The Kier molecular flexibility index (Phi) is 5.79. The van der Waals surface area contributed by atoms with Crippen LogP contribution < -0.4 is 10.2 Å². The number of nitrogens with one attached hydrogen (secondary N) is 1. The Balaban J connectivity index is 1.58. The molecule has 0 amide bonds. The van der Waals surface area contributed by atoms with E-state index in [1.807, 2.05) is 25.1 Å². The van der Waals surface area contributed by atoms with Crippen molar-refractivity contribution in [2.75, 3.05) is 37.4 Å². The molecule has 3 heterocycles. The fraction of sp³-hybridized carbons (Fsp3) is 0.500.